The SMILES string of the molecule is COc1ccccc1-c1cn(C)c(/C=C/c2ccc(-c3ccc(OCCCC(=O)O)cc3)cc2)n1. The highest BCUT2D eigenvalue weighted by atomic mass is 16.5. The molecule has 0 bridgehead atoms. The first-order valence-electron chi connectivity index (χ1n) is 11.4. The molecule has 1 heterocycles. The molecular weight excluding hydrogens is 440 g/mol. The average Bonchev–Trinajstić information content (AvgIpc) is 3.26. The molecular formula is C29H28N2O4. The first kappa shape index (κ1) is 23.8. The highest BCUT2D eigenvalue weighted by Crippen LogP contribution is 2.29. The van der Waals surface area contributed by atoms with Gasteiger partial charge in [0.25, 0.3) is 0 Å². The van der Waals surface area contributed by atoms with E-state index in [4.69, 9.17) is 19.6 Å². The number of methoxy groups -OCH3 is 1. The Morgan fingerprint density at radius 2 is 1.66 bits per heavy atom. The van der Waals surface area contributed by atoms with E-state index in [2.05, 4.69) is 24.3 Å². The first-order chi connectivity index (χ1) is 17.0. The standard InChI is InChI=1S/C29H28N2O4/c1-31-20-26(25-6-3-4-7-27(25)34-2)30-28(31)18-11-21-9-12-22(13-10-21)23-14-16-24(17-15-23)35-19-5-8-29(32)33/h3-4,6-7,9-18,20H,5,8,19H2,1-2H3,(H,32,33)/b18-11+. The molecule has 1 N–H and O–H groups in total. The third-order valence-electron chi connectivity index (χ3n) is 5.62. The fourth-order valence-electron chi connectivity index (χ4n) is 3.74. The third-order valence-corrected chi connectivity index (χ3v) is 5.62. The number of para-hydroxylation sites is 1. The zero-order chi connectivity index (χ0) is 24.6. The van der Waals surface area contributed by atoms with Crippen molar-refractivity contribution >= 4 is 18.1 Å². The van der Waals surface area contributed by atoms with E-state index in [0.717, 1.165) is 45.3 Å². The van der Waals surface area contributed by atoms with Crippen LogP contribution < -0.4 is 9.47 Å². The Morgan fingerprint density at radius 1 is 0.971 bits per heavy atom. The second kappa shape index (κ2) is 11.2. The minimum absolute atomic E-state index is 0.113. The number of hydrogen-bond acceptors (Lipinski definition) is 4. The fraction of sp³-hybridized carbons (Fsp3) is 0.172. The second-order valence-electron chi connectivity index (χ2n) is 8.12. The van der Waals surface area contributed by atoms with Crippen LogP contribution in [0, 0.1) is 0 Å². The van der Waals surface area contributed by atoms with Crippen molar-refractivity contribution in [1.82, 2.24) is 9.55 Å². The number of carbonyl (C=O) groups is 1. The van der Waals surface area contributed by atoms with Crippen molar-refractivity contribution < 1.29 is 19.4 Å². The van der Waals surface area contributed by atoms with Gasteiger partial charge >= 0.3 is 5.97 Å². The molecule has 0 amide bonds. The van der Waals surface area contributed by atoms with Gasteiger partial charge in [-0.2, -0.15) is 0 Å². The Hall–Kier alpha value is -4.32. The molecule has 3 aromatic carbocycles. The van der Waals surface area contributed by atoms with E-state index in [1.54, 1.807) is 7.11 Å². The van der Waals surface area contributed by atoms with Crippen LogP contribution >= 0.6 is 0 Å². The lowest BCUT2D eigenvalue weighted by atomic mass is 10.0. The Balaban J connectivity index is 1.40. The number of ether oxygens (including phenoxy) is 2. The van der Waals surface area contributed by atoms with Crippen molar-refractivity contribution in [3.05, 3.63) is 90.4 Å². The number of hydrogen-bond donors (Lipinski definition) is 1. The monoisotopic (exact) mass is 468 g/mol. The van der Waals surface area contributed by atoms with E-state index in [-0.39, 0.29) is 6.42 Å². The van der Waals surface area contributed by atoms with Gasteiger partial charge in [0, 0.05) is 25.2 Å². The molecule has 0 spiro atoms. The third kappa shape index (κ3) is 6.18. The van der Waals surface area contributed by atoms with E-state index >= 15 is 0 Å². The number of benzene rings is 3. The van der Waals surface area contributed by atoms with Crippen LogP contribution in [-0.2, 0) is 11.8 Å². The zero-order valence-corrected chi connectivity index (χ0v) is 19.8. The maximum Gasteiger partial charge on any atom is 0.303 e. The summed E-state index contributed by atoms with van der Waals surface area (Å²) >= 11 is 0. The summed E-state index contributed by atoms with van der Waals surface area (Å²) in [6, 6.07) is 24.0. The molecule has 0 fully saturated rings. The molecule has 0 unspecified atom stereocenters. The van der Waals surface area contributed by atoms with Crippen LogP contribution in [0.5, 0.6) is 11.5 Å². The van der Waals surface area contributed by atoms with E-state index in [1.165, 1.54) is 0 Å². The van der Waals surface area contributed by atoms with E-state index in [1.807, 2.05) is 78.5 Å². The quantitative estimate of drug-likeness (QED) is 0.282. The minimum Gasteiger partial charge on any atom is -0.496 e. The maximum atomic E-state index is 10.6. The number of nitrogens with zero attached hydrogens (tertiary/aromatic N) is 2. The van der Waals surface area contributed by atoms with Gasteiger partial charge < -0.3 is 19.1 Å². The minimum atomic E-state index is -0.806. The van der Waals surface area contributed by atoms with E-state index in [0.29, 0.717) is 13.0 Å². The summed E-state index contributed by atoms with van der Waals surface area (Å²) in [5, 5.41) is 8.69. The molecule has 0 saturated carbocycles. The van der Waals surface area contributed by atoms with Crippen LogP contribution in [0.3, 0.4) is 0 Å². The molecule has 178 valence electrons. The van der Waals surface area contributed by atoms with Gasteiger partial charge in [-0.1, -0.05) is 54.6 Å². The van der Waals surface area contributed by atoms with Crippen molar-refractivity contribution in [2.24, 2.45) is 7.05 Å². The molecule has 6 nitrogen and oxygen atoms in total. The van der Waals surface area contributed by atoms with E-state index < -0.39 is 5.97 Å². The van der Waals surface area contributed by atoms with Crippen molar-refractivity contribution in [2.45, 2.75) is 12.8 Å². The number of carboxylic acids is 1. The molecule has 35 heavy (non-hydrogen) atoms. The molecule has 0 aliphatic rings. The van der Waals surface area contributed by atoms with Crippen LogP contribution in [0.15, 0.2) is 79.0 Å². The topological polar surface area (TPSA) is 73.6 Å². The summed E-state index contributed by atoms with van der Waals surface area (Å²) in [5.74, 6) is 1.59. The van der Waals surface area contributed by atoms with Gasteiger partial charge in [-0.15, -0.1) is 0 Å². The summed E-state index contributed by atoms with van der Waals surface area (Å²) in [7, 11) is 3.65. The van der Waals surface area contributed by atoms with Gasteiger partial charge in [-0.3, -0.25) is 4.79 Å². The second-order valence-corrected chi connectivity index (χ2v) is 8.12. The number of rotatable bonds is 10. The number of aryl methyl sites for hydroxylation is 1. The molecule has 0 saturated heterocycles. The van der Waals surface area contributed by atoms with Gasteiger partial charge in [0.2, 0.25) is 0 Å². The average molecular weight is 469 g/mol. The molecule has 0 radical (unpaired) electrons. The largest absolute Gasteiger partial charge is 0.496 e. The van der Waals surface area contributed by atoms with Gasteiger partial charge in [-0.05, 0) is 53.5 Å². The Morgan fingerprint density at radius 3 is 2.34 bits per heavy atom. The van der Waals surface area contributed by atoms with Crippen LogP contribution in [-0.4, -0.2) is 34.3 Å². The van der Waals surface area contributed by atoms with Crippen LogP contribution in [0.25, 0.3) is 34.5 Å². The summed E-state index contributed by atoms with van der Waals surface area (Å²) in [6.07, 6.45) is 6.66. The predicted molar refractivity (Wildman–Crippen MR) is 138 cm³/mol. The zero-order valence-electron chi connectivity index (χ0n) is 19.8. The summed E-state index contributed by atoms with van der Waals surface area (Å²) in [5.41, 5.74) is 5.11. The molecule has 6 heteroatoms. The van der Waals surface area contributed by atoms with E-state index in [9.17, 15) is 4.79 Å². The van der Waals surface area contributed by atoms with Crippen molar-refractivity contribution in [2.75, 3.05) is 13.7 Å². The summed E-state index contributed by atoms with van der Waals surface area (Å²) in [4.78, 5) is 15.3. The molecule has 0 aliphatic heterocycles. The Bertz CT molecular complexity index is 1310. The molecule has 1 aromatic heterocycles. The summed E-state index contributed by atoms with van der Waals surface area (Å²) in [6.45, 7) is 0.392. The fourth-order valence-corrected chi connectivity index (χ4v) is 3.74. The summed E-state index contributed by atoms with van der Waals surface area (Å²) < 4.78 is 13.1. The molecule has 4 aromatic rings. The number of aromatic nitrogens is 2. The van der Waals surface area contributed by atoms with Crippen LogP contribution in [0.1, 0.15) is 24.2 Å². The smallest absolute Gasteiger partial charge is 0.303 e. The lowest BCUT2D eigenvalue weighted by Gasteiger charge is -2.07. The van der Waals surface area contributed by atoms with Crippen molar-refractivity contribution in [1.29, 1.82) is 0 Å². The number of imidazole rings is 1. The van der Waals surface area contributed by atoms with Gasteiger partial charge in [-0.25, -0.2) is 4.98 Å². The van der Waals surface area contributed by atoms with Gasteiger partial charge in [0.15, 0.2) is 0 Å². The predicted octanol–water partition coefficient (Wildman–Crippen LogP) is 6.18. The highest BCUT2D eigenvalue weighted by Gasteiger charge is 2.10. The maximum absolute atomic E-state index is 10.6. The van der Waals surface area contributed by atoms with Crippen molar-refractivity contribution in [3.8, 4) is 33.9 Å². The Labute approximate surface area is 205 Å². The highest BCUT2D eigenvalue weighted by molar-refractivity contribution is 5.73. The van der Waals surface area contributed by atoms with Crippen LogP contribution in [0.2, 0.25) is 0 Å². The lowest BCUT2D eigenvalue weighted by Crippen LogP contribution is -2.01. The first-order valence-corrected chi connectivity index (χ1v) is 11.4. The molecule has 0 atom stereocenters. The number of carboxylic acid groups (broad SMARTS) is 1. The molecule has 0 aliphatic carbocycles. The van der Waals surface area contributed by atoms with Crippen LogP contribution in [0.4, 0.5) is 0 Å². The normalized spacial score (nSPS) is 11.0. The van der Waals surface area contributed by atoms with Crippen molar-refractivity contribution in [3.63, 3.8) is 0 Å². The lowest BCUT2D eigenvalue weighted by molar-refractivity contribution is -0.137. The number of aliphatic carboxylic acids is 1. The Kier molecular flexibility index (Phi) is 7.63. The van der Waals surface area contributed by atoms with Gasteiger partial charge in [0.1, 0.15) is 17.3 Å². The van der Waals surface area contributed by atoms with Gasteiger partial charge in [0.05, 0.1) is 19.4 Å². The molecule has 4 rings (SSSR count).